The van der Waals surface area contributed by atoms with Crippen molar-refractivity contribution in [3.05, 3.63) is 52.6 Å². The first-order valence-electron chi connectivity index (χ1n) is 8.81. The van der Waals surface area contributed by atoms with E-state index < -0.39 is 23.7 Å². The second-order valence-corrected chi connectivity index (χ2v) is 6.41. The summed E-state index contributed by atoms with van der Waals surface area (Å²) in [6, 6.07) is 5.37. The standard InChI is InChI=1S/C20H23F3N4O3/c1-10(11-5-12(20(21,22)23)7-13(24)6-11)27-18(25)14-8-16(29-3)17(30-4)9-15(14)19(28)26-2/h5-10H,24H2,1-4H3,(H2,25,27)(H,26,28). The van der Waals surface area contributed by atoms with E-state index >= 15 is 0 Å². The van der Waals surface area contributed by atoms with Gasteiger partial charge in [-0.3, -0.25) is 9.79 Å². The number of benzene rings is 2. The number of hydrogen-bond acceptors (Lipinski definition) is 5. The lowest BCUT2D eigenvalue weighted by Crippen LogP contribution is -2.25. The van der Waals surface area contributed by atoms with Crippen LogP contribution in [0.4, 0.5) is 18.9 Å². The number of methoxy groups -OCH3 is 2. The molecule has 0 aromatic heterocycles. The van der Waals surface area contributed by atoms with Crippen molar-refractivity contribution in [1.82, 2.24) is 5.32 Å². The zero-order chi connectivity index (χ0) is 22.6. The predicted molar refractivity (Wildman–Crippen MR) is 108 cm³/mol. The number of amides is 1. The molecule has 5 N–H and O–H groups in total. The van der Waals surface area contributed by atoms with Crippen LogP contribution in [0.25, 0.3) is 0 Å². The van der Waals surface area contributed by atoms with Gasteiger partial charge in [-0.2, -0.15) is 13.2 Å². The third kappa shape index (κ3) is 4.94. The highest BCUT2D eigenvalue weighted by Crippen LogP contribution is 2.34. The SMILES string of the molecule is CNC(=O)c1cc(OC)c(OC)cc1C(N)=NC(C)c1cc(N)cc(C(F)(F)F)c1. The molecule has 30 heavy (non-hydrogen) atoms. The van der Waals surface area contributed by atoms with Crippen molar-refractivity contribution in [2.24, 2.45) is 10.7 Å². The molecule has 2 aromatic carbocycles. The van der Waals surface area contributed by atoms with Gasteiger partial charge < -0.3 is 26.3 Å². The average molecular weight is 424 g/mol. The van der Waals surface area contributed by atoms with Crippen LogP contribution < -0.4 is 26.3 Å². The first kappa shape index (κ1) is 22.9. The van der Waals surface area contributed by atoms with Crippen LogP contribution in [-0.4, -0.2) is 33.0 Å². The van der Waals surface area contributed by atoms with Gasteiger partial charge in [-0.1, -0.05) is 0 Å². The summed E-state index contributed by atoms with van der Waals surface area (Å²) in [5.41, 5.74) is 11.5. The van der Waals surface area contributed by atoms with Crippen molar-refractivity contribution >= 4 is 17.4 Å². The number of alkyl halides is 3. The maximum Gasteiger partial charge on any atom is 0.416 e. The summed E-state index contributed by atoms with van der Waals surface area (Å²) in [5.74, 6) is 0.124. The fourth-order valence-electron chi connectivity index (χ4n) is 2.85. The smallest absolute Gasteiger partial charge is 0.416 e. The largest absolute Gasteiger partial charge is 0.493 e. The summed E-state index contributed by atoms with van der Waals surface area (Å²) in [6.07, 6.45) is -4.55. The number of anilines is 1. The molecule has 0 spiro atoms. The molecule has 0 fully saturated rings. The number of nitrogens with two attached hydrogens (primary N) is 2. The normalized spacial score (nSPS) is 13.0. The zero-order valence-electron chi connectivity index (χ0n) is 16.9. The minimum absolute atomic E-state index is 0.0439. The number of ether oxygens (including phenoxy) is 2. The van der Waals surface area contributed by atoms with Crippen LogP contribution in [-0.2, 0) is 6.18 Å². The molecule has 0 aliphatic rings. The summed E-state index contributed by atoms with van der Waals surface area (Å²) in [4.78, 5) is 16.6. The van der Waals surface area contributed by atoms with E-state index in [4.69, 9.17) is 20.9 Å². The Morgan fingerprint density at radius 2 is 1.63 bits per heavy atom. The number of rotatable bonds is 6. The molecule has 0 saturated heterocycles. The van der Waals surface area contributed by atoms with Crippen LogP contribution >= 0.6 is 0 Å². The molecule has 1 amide bonds. The number of carbonyl (C=O) groups excluding carboxylic acids is 1. The number of nitrogens with one attached hydrogen (secondary N) is 1. The minimum atomic E-state index is -4.55. The second kappa shape index (κ2) is 8.93. The van der Waals surface area contributed by atoms with Gasteiger partial charge >= 0.3 is 6.18 Å². The number of carbonyl (C=O) groups is 1. The van der Waals surface area contributed by atoms with Gasteiger partial charge in [0.15, 0.2) is 11.5 Å². The first-order valence-corrected chi connectivity index (χ1v) is 8.81. The van der Waals surface area contributed by atoms with E-state index in [0.717, 1.165) is 12.1 Å². The predicted octanol–water partition coefficient (Wildman–Crippen LogP) is 3.13. The van der Waals surface area contributed by atoms with Crippen LogP contribution in [0.2, 0.25) is 0 Å². The van der Waals surface area contributed by atoms with Crippen molar-refractivity contribution < 1.29 is 27.4 Å². The van der Waals surface area contributed by atoms with Crippen molar-refractivity contribution in [2.45, 2.75) is 19.1 Å². The van der Waals surface area contributed by atoms with Gasteiger partial charge in [0.2, 0.25) is 0 Å². The molecule has 0 saturated carbocycles. The highest BCUT2D eigenvalue weighted by Gasteiger charge is 2.31. The number of hydrogen-bond donors (Lipinski definition) is 3. The molecule has 2 aromatic rings. The number of aliphatic imine (C=N–C) groups is 1. The second-order valence-electron chi connectivity index (χ2n) is 6.41. The van der Waals surface area contributed by atoms with Gasteiger partial charge in [0.1, 0.15) is 5.84 Å². The van der Waals surface area contributed by atoms with E-state index in [0.29, 0.717) is 11.5 Å². The van der Waals surface area contributed by atoms with E-state index in [-0.39, 0.29) is 28.2 Å². The van der Waals surface area contributed by atoms with Crippen LogP contribution in [0.5, 0.6) is 11.5 Å². The van der Waals surface area contributed by atoms with E-state index in [1.165, 1.54) is 39.5 Å². The van der Waals surface area contributed by atoms with Crippen LogP contribution in [0.3, 0.4) is 0 Å². The quantitative estimate of drug-likeness (QED) is 0.375. The third-order valence-corrected chi connectivity index (χ3v) is 4.39. The molecular weight excluding hydrogens is 401 g/mol. The lowest BCUT2D eigenvalue weighted by Gasteiger charge is -2.16. The molecule has 0 aliphatic carbocycles. The van der Waals surface area contributed by atoms with Gasteiger partial charge in [0.25, 0.3) is 5.91 Å². The summed E-state index contributed by atoms with van der Waals surface area (Å²) in [7, 11) is 4.29. The Morgan fingerprint density at radius 3 is 2.13 bits per heavy atom. The molecule has 1 unspecified atom stereocenters. The van der Waals surface area contributed by atoms with Gasteiger partial charge in [-0.05, 0) is 42.8 Å². The Hall–Kier alpha value is -3.43. The summed E-state index contributed by atoms with van der Waals surface area (Å²) in [6.45, 7) is 1.57. The lowest BCUT2D eigenvalue weighted by molar-refractivity contribution is -0.137. The highest BCUT2D eigenvalue weighted by molar-refractivity contribution is 6.09. The van der Waals surface area contributed by atoms with Gasteiger partial charge in [-0.25, -0.2) is 0 Å². The minimum Gasteiger partial charge on any atom is -0.493 e. The first-order chi connectivity index (χ1) is 14.0. The lowest BCUT2D eigenvalue weighted by atomic mass is 10.0. The van der Waals surface area contributed by atoms with Crippen LogP contribution in [0.15, 0.2) is 35.3 Å². The van der Waals surface area contributed by atoms with Crippen LogP contribution in [0, 0.1) is 0 Å². The van der Waals surface area contributed by atoms with Crippen molar-refractivity contribution in [3.63, 3.8) is 0 Å². The summed E-state index contributed by atoms with van der Waals surface area (Å²) < 4.78 is 49.7. The van der Waals surface area contributed by atoms with E-state index in [1.807, 2.05) is 0 Å². The van der Waals surface area contributed by atoms with Gasteiger partial charge in [0.05, 0.1) is 31.4 Å². The van der Waals surface area contributed by atoms with Crippen LogP contribution in [0.1, 0.15) is 40.0 Å². The highest BCUT2D eigenvalue weighted by atomic mass is 19.4. The molecule has 10 heteroatoms. The molecule has 0 radical (unpaired) electrons. The molecular formula is C20H23F3N4O3. The fraction of sp³-hybridized carbons (Fsp3) is 0.300. The summed E-state index contributed by atoms with van der Waals surface area (Å²) >= 11 is 0. The number of nitrogen functional groups attached to an aromatic ring is 1. The maximum atomic E-state index is 13.1. The summed E-state index contributed by atoms with van der Waals surface area (Å²) in [5, 5.41) is 2.49. The third-order valence-electron chi connectivity index (χ3n) is 4.39. The topological polar surface area (TPSA) is 112 Å². The molecule has 162 valence electrons. The molecule has 7 nitrogen and oxygen atoms in total. The van der Waals surface area contributed by atoms with E-state index in [9.17, 15) is 18.0 Å². The molecule has 2 rings (SSSR count). The Kier molecular flexibility index (Phi) is 6.81. The van der Waals surface area contributed by atoms with Gasteiger partial charge in [-0.15, -0.1) is 0 Å². The molecule has 0 aliphatic heterocycles. The Balaban J connectivity index is 2.55. The number of halogens is 3. The van der Waals surface area contributed by atoms with Crippen molar-refractivity contribution in [1.29, 1.82) is 0 Å². The fourth-order valence-corrected chi connectivity index (χ4v) is 2.85. The zero-order valence-corrected chi connectivity index (χ0v) is 16.9. The molecule has 1 atom stereocenters. The average Bonchev–Trinajstić information content (AvgIpc) is 2.70. The monoisotopic (exact) mass is 424 g/mol. The maximum absolute atomic E-state index is 13.1. The molecule has 0 bridgehead atoms. The Bertz CT molecular complexity index is 974. The van der Waals surface area contributed by atoms with Crippen molar-refractivity contribution in [3.8, 4) is 11.5 Å². The van der Waals surface area contributed by atoms with E-state index in [1.54, 1.807) is 6.92 Å². The van der Waals surface area contributed by atoms with Gasteiger partial charge in [0, 0.05) is 18.3 Å². The Morgan fingerprint density at radius 1 is 1.07 bits per heavy atom. The number of amidine groups is 1. The number of nitrogens with zero attached hydrogens (tertiary/aromatic N) is 1. The Labute approximate surface area is 171 Å². The van der Waals surface area contributed by atoms with Crippen molar-refractivity contribution in [2.75, 3.05) is 27.0 Å². The van der Waals surface area contributed by atoms with E-state index in [2.05, 4.69) is 10.3 Å². The molecule has 0 heterocycles.